The molecule has 2 amide bonds. The highest BCUT2D eigenvalue weighted by molar-refractivity contribution is 6.05. The summed E-state index contributed by atoms with van der Waals surface area (Å²) >= 11 is 0. The lowest BCUT2D eigenvalue weighted by molar-refractivity contribution is -0.149. The monoisotopic (exact) mass is 794 g/mol. The van der Waals surface area contributed by atoms with Crippen LogP contribution in [-0.4, -0.2) is 62.6 Å². The number of benzene rings is 4. The van der Waals surface area contributed by atoms with Crippen LogP contribution in [0.3, 0.4) is 0 Å². The third kappa shape index (κ3) is 8.69. The molecule has 1 aliphatic carbocycles. The van der Waals surface area contributed by atoms with Gasteiger partial charge in [-0.15, -0.1) is 0 Å². The van der Waals surface area contributed by atoms with Gasteiger partial charge in [0.1, 0.15) is 39.6 Å². The van der Waals surface area contributed by atoms with Crippen molar-refractivity contribution in [1.29, 1.82) is 0 Å². The maximum atomic E-state index is 15.3. The Bertz CT molecular complexity index is 1760. The van der Waals surface area contributed by atoms with Gasteiger partial charge in [-0.05, 0) is 61.8 Å². The molecule has 0 radical (unpaired) electrons. The van der Waals surface area contributed by atoms with E-state index in [-0.39, 0.29) is 24.7 Å². The van der Waals surface area contributed by atoms with Gasteiger partial charge in [0.05, 0.1) is 40.5 Å². The molecule has 0 aromatic heterocycles. The molecule has 5 rings (SSSR count). The molecule has 0 bridgehead atoms. The summed E-state index contributed by atoms with van der Waals surface area (Å²) in [6.07, 6.45) is 3.45. The summed E-state index contributed by atoms with van der Waals surface area (Å²) in [5.74, 6) is 0.814. The van der Waals surface area contributed by atoms with E-state index in [1.165, 1.54) is 0 Å². The average molecular weight is 795 g/mol. The number of methoxy groups -OCH3 is 4. The molecule has 0 heterocycles. The van der Waals surface area contributed by atoms with Crippen molar-refractivity contribution in [3.05, 3.63) is 119 Å². The standard InChI is InChI=1S/C48H62N2O8/c1-32(2)30-42(47(53,34-20-10-14-24-38(34)55-5)35-21-11-15-25-39(35)56-6)49-44(51)46(28-18-9-19-29-46)45(52)50-43(31-33(3)4)48(54,36-22-12-16-26-40(36)57-7)37-23-13-17-27-41(37)58-8/h10-17,20-27,32-33,42-43,53-54H,9,18-19,28-31H2,1-8H3,(H,49,51)(H,50,52)/t42-,43-/m1/s1. The first-order valence-corrected chi connectivity index (χ1v) is 20.4. The van der Waals surface area contributed by atoms with Gasteiger partial charge in [0.15, 0.2) is 0 Å². The Morgan fingerprint density at radius 2 is 0.810 bits per heavy atom. The third-order valence-electron chi connectivity index (χ3n) is 11.7. The van der Waals surface area contributed by atoms with E-state index in [9.17, 15) is 10.2 Å². The van der Waals surface area contributed by atoms with Crippen molar-refractivity contribution in [2.45, 2.75) is 95.9 Å². The molecule has 10 nitrogen and oxygen atoms in total. The minimum atomic E-state index is -1.85. The molecule has 4 aromatic carbocycles. The molecule has 0 aliphatic heterocycles. The summed E-state index contributed by atoms with van der Waals surface area (Å²) < 4.78 is 23.3. The number of ether oxygens (including phenoxy) is 4. The lowest BCUT2D eigenvalue weighted by Gasteiger charge is -2.44. The predicted octanol–water partition coefficient (Wildman–Crippen LogP) is 7.91. The molecule has 10 heteroatoms. The van der Waals surface area contributed by atoms with Crippen LogP contribution in [0.15, 0.2) is 97.1 Å². The van der Waals surface area contributed by atoms with Crippen LogP contribution in [0.25, 0.3) is 0 Å². The molecule has 0 spiro atoms. The number of aliphatic hydroxyl groups is 2. The Morgan fingerprint density at radius 1 is 0.534 bits per heavy atom. The molecule has 312 valence electrons. The lowest BCUT2D eigenvalue weighted by atomic mass is 9.70. The van der Waals surface area contributed by atoms with Gasteiger partial charge in [0.2, 0.25) is 11.8 Å². The molecule has 58 heavy (non-hydrogen) atoms. The quantitative estimate of drug-likeness (QED) is 0.0747. The summed E-state index contributed by atoms with van der Waals surface area (Å²) in [5.41, 5.74) is -3.42. The fourth-order valence-corrected chi connectivity index (χ4v) is 8.80. The largest absolute Gasteiger partial charge is 0.496 e. The van der Waals surface area contributed by atoms with Crippen molar-refractivity contribution in [1.82, 2.24) is 10.6 Å². The van der Waals surface area contributed by atoms with Gasteiger partial charge >= 0.3 is 0 Å². The van der Waals surface area contributed by atoms with Gasteiger partial charge in [0.25, 0.3) is 0 Å². The Kier molecular flexibility index (Phi) is 14.5. The van der Waals surface area contributed by atoms with Gasteiger partial charge in [0, 0.05) is 22.3 Å². The molecular weight excluding hydrogens is 733 g/mol. The van der Waals surface area contributed by atoms with Crippen LogP contribution in [-0.2, 0) is 20.8 Å². The van der Waals surface area contributed by atoms with E-state index in [2.05, 4.69) is 10.6 Å². The zero-order valence-corrected chi connectivity index (χ0v) is 35.3. The second-order valence-corrected chi connectivity index (χ2v) is 16.3. The second-order valence-electron chi connectivity index (χ2n) is 16.3. The van der Waals surface area contributed by atoms with Gasteiger partial charge in [-0.2, -0.15) is 0 Å². The average Bonchev–Trinajstić information content (AvgIpc) is 3.25. The molecule has 4 N–H and O–H groups in total. The highest BCUT2D eigenvalue weighted by Crippen LogP contribution is 2.47. The number of hydrogen-bond acceptors (Lipinski definition) is 8. The third-order valence-corrected chi connectivity index (χ3v) is 11.7. The lowest BCUT2D eigenvalue weighted by Crippen LogP contribution is -2.62. The van der Waals surface area contributed by atoms with Crippen molar-refractivity contribution < 1.29 is 38.7 Å². The van der Waals surface area contributed by atoms with Gasteiger partial charge in [-0.1, -0.05) is 120 Å². The molecule has 2 atom stereocenters. The van der Waals surface area contributed by atoms with Crippen LogP contribution in [0, 0.1) is 17.3 Å². The van der Waals surface area contributed by atoms with E-state index >= 15 is 9.59 Å². The summed E-state index contributed by atoms with van der Waals surface area (Å²) in [6, 6.07) is 27.0. The topological polar surface area (TPSA) is 136 Å². The fraction of sp³-hybridized carbons (Fsp3) is 0.458. The van der Waals surface area contributed by atoms with Crippen molar-refractivity contribution in [3.8, 4) is 23.0 Å². The summed E-state index contributed by atoms with van der Waals surface area (Å²) in [4.78, 5) is 30.6. The van der Waals surface area contributed by atoms with Crippen LogP contribution in [0.4, 0.5) is 0 Å². The van der Waals surface area contributed by atoms with E-state index in [0.717, 1.165) is 6.42 Å². The van der Waals surface area contributed by atoms with Gasteiger partial charge in [-0.3, -0.25) is 9.59 Å². The first-order valence-electron chi connectivity index (χ1n) is 20.4. The zero-order chi connectivity index (χ0) is 42.1. The number of hydrogen-bond donors (Lipinski definition) is 4. The Hall–Kier alpha value is -5.06. The van der Waals surface area contributed by atoms with Gasteiger partial charge < -0.3 is 39.8 Å². The molecular formula is C48H62N2O8. The Balaban J connectivity index is 1.66. The maximum absolute atomic E-state index is 15.3. The van der Waals surface area contributed by atoms with Crippen LogP contribution < -0.4 is 29.6 Å². The molecule has 0 unspecified atom stereocenters. The molecule has 4 aromatic rings. The van der Waals surface area contributed by atoms with Crippen molar-refractivity contribution >= 4 is 11.8 Å². The van der Waals surface area contributed by atoms with E-state index in [0.29, 0.717) is 70.9 Å². The van der Waals surface area contributed by atoms with Crippen LogP contribution >= 0.6 is 0 Å². The Labute approximate surface area is 344 Å². The van der Waals surface area contributed by atoms with Crippen LogP contribution in [0.2, 0.25) is 0 Å². The van der Waals surface area contributed by atoms with Crippen LogP contribution in [0.5, 0.6) is 23.0 Å². The molecule has 1 saturated carbocycles. The number of nitrogens with one attached hydrogen (secondary N) is 2. The second kappa shape index (κ2) is 19.1. The van der Waals surface area contributed by atoms with E-state index in [4.69, 9.17) is 18.9 Å². The molecule has 0 saturated heterocycles. The number of carbonyl (C=O) groups is 2. The normalized spacial score (nSPS) is 15.3. The van der Waals surface area contributed by atoms with Crippen molar-refractivity contribution in [2.24, 2.45) is 17.3 Å². The maximum Gasteiger partial charge on any atom is 0.236 e. The molecule has 1 aliphatic rings. The fourth-order valence-electron chi connectivity index (χ4n) is 8.80. The minimum Gasteiger partial charge on any atom is -0.496 e. The van der Waals surface area contributed by atoms with Crippen molar-refractivity contribution in [3.63, 3.8) is 0 Å². The number of rotatable bonds is 18. The Morgan fingerprint density at radius 3 is 1.07 bits per heavy atom. The predicted molar refractivity (Wildman–Crippen MR) is 226 cm³/mol. The van der Waals surface area contributed by atoms with E-state index in [1.807, 2.05) is 76.2 Å². The van der Waals surface area contributed by atoms with Gasteiger partial charge in [-0.25, -0.2) is 0 Å². The van der Waals surface area contributed by atoms with E-state index in [1.54, 1.807) is 77.0 Å². The number of para-hydroxylation sites is 4. The summed E-state index contributed by atoms with van der Waals surface area (Å²) in [7, 11) is 6.18. The van der Waals surface area contributed by atoms with Crippen molar-refractivity contribution in [2.75, 3.05) is 28.4 Å². The SMILES string of the molecule is COc1ccccc1C(O)(c1ccccc1OC)[C@@H](CC(C)C)NC(=O)C1(C(=O)N[C@H](CC(C)C)C(O)(c2ccccc2OC)c2ccccc2OC)CCCCC1. The minimum absolute atomic E-state index is 0.0181. The molecule has 1 fully saturated rings. The summed E-state index contributed by atoms with van der Waals surface area (Å²) in [6.45, 7) is 8.11. The number of carbonyl (C=O) groups excluding carboxylic acids is 2. The smallest absolute Gasteiger partial charge is 0.236 e. The number of amides is 2. The highest BCUT2D eigenvalue weighted by Gasteiger charge is 2.53. The van der Waals surface area contributed by atoms with Crippen LogP contribution in [0.1, 0.15) is 94.9 Å². The highest BCUT2D eigenvalue weighted by atomic mass is 16.5. The van der Waals surface area contributed by atoms with E-state index < -0.39 is 40.5 Å². The summed E-state index contributed by atoms with van der Waals surface area (Å²) in [5, 5.41) is 33.2. The first kappa shape index (κ1) is 44.1. The zero-order valence-electron chi connectivity index (χ0n) is 35.3. The first-order chi connectivity index (χ1) is 27.8.